The Morgan fingerprint density at radius 1 is 1.38 bits per heavy atom. The maximum Gasteiger partial charge on any atom is 0.241 e. The lowest BCUT2D eigenvalue weighted by molar-refractivity contribution is 0.158. The van der Waals surface area contributed by atoms with Crippen LogP contribution in [0.15, 0.2) is 41.6 Å². The minimum Gasteiger partial charge on any atom is -0.396 e. The van der Waals surface area contributed by atoms with Crippen molar-refractivity contribution in [3.8, 4) is 0 Å². The molecule has 21 heavy (non-hydrogen) atoms. The number of aromatic nitrogens is 1. The molecule has 0 amide bonds. The van der Waals surface area contributed by atoms with Crippen LogP contribution in [0, 0.1) is 0 Å². The molecule has 0 saturated heterocycles. The molecule has 0 aliphatic carbocycles. The Hall–Kier alpha value is -1.54. The molecule has 1 atom stereocenters. The van der Waals surface area contributed by atoms with Gasteiger partial charge >= 0.3 is 0 Å². The average Bonchev–Trinajstić information content (AvgIpc) is 2.47. The molecule has 1 unspecified atom stereocenters. The Balaban J connectivity index is 2.37. The molecule has 0 radical (unpaired) electrons. The lowest BCUT2D eigenvalue weighted by Crippen LogP contribution is -2.38. The Morgan fingerprint density at radius 2 is 2.19 bits per heavy atom. The summed E-state index contributed by atoms with van der Waals surface area (Å²) in [7, 11) is -2.21. The zero-order valence-corrected chi connectivity index (χ0v) is 12.5. The number of aliphatic hydroxyl groups excluding tert-OH is 1. The third-order valence-corrected chi connectivity index (χ3v) is 4.68. The van der Waals surface area contributed by atoms with Crippen LogP contribution in [0.3, 0.4) is 0 Å². The number of rotatable bonds is 7. The number of pyridine rings is 1. The molecule has 114 valence electrons. The van der Waals surface area contributed by atoms with Crippen molar-refractivity contribution in [2.24, 2.45) is 0 Å². The molecule has 0 bridgehead atoms. The molecule has 2 rings (SSSR count). The molecule has 0 aliphatic rings. The molecule has 1 aromatic carbocycles. The average molecular weight is 310 g/mol. The van der Waals surface area contributed by atoms with Gasteiger partial charge < -0.3 is 9.84 Å². The zero-order valence-electron chi connectivity index (χ0n) is 11.7. The summed E-state index contributed by atoms with van der Waals surface area (Å²) < 4.78 is 32.6. The van der Waals surface area contributed by atoms with Gasteiger partial charge in [-0.25, -0.2) is 13.1 Å². The number of hydrogen-bond donors (Lipinski definition) is 2. The van der Waals surface area contributed by atoms with Crippen molar-refractivity contribution in [3.63, 3.8) is 0 Å². The fourth-order valence-corrected chi connectivity index (χ4v) is 3.63. The van der Waals surface area contributed by atoms with Crippen molar-refractivity contribution in [3.05, 3.63) is 36.7 Å². The van der Waals surface area contributed by atoms with Crippen molar-refractivity contribution in [2.75, 3.05) is 20.3 Å². The van der Waals surface area contributed by atoms with E-state index in [4.69, 9.17) is 9.84 Å². The lowest BCUT2D eigenvalue weighted by atomic mass is 10.2. The number of methoxy groups -OCH3 is 1. The molecule has 7 heteroatoms. The van der Waals surface area contributed by atoms with E-state index in [1.165, 1.54) is 7.11 Å². The maximum atomic E-state index is 12.5. The number of aliphatic hydroxyl groups is 1. The Kier molecular flexibility index (Phi) is 5.24. The van der Waals surface area contributed by atoms with Crippen LogP contribution in [0.25, 0.3) is 10.8 Å². The Bertz CT molecular complexity index is 692. The normalized spacial score (nSPS) is 13.4. The summed E-state index contributed by atoms with van der Waals surface area (Å²) in [6.07, 6.45) is 3.47. The van der Waals surface area contributed by atoms with Gasteiger partial charge in [-0.2, -0.15) is 0 Å². The van der Waals surface area contributed by atoms with Crippen molar-refractivity contribution < 1.29 is 18.3 Å². The van der Waals surface area contributed by atoms with Gasteiger partial charge in [0, 0.05) is 42.9 Å². The third kappa shape index (κ3) is 3.76. The SMILES string of the molecule is COCC(CCO)NS(=O)(=O)c1cccc2cnccc12. The largest absolute Gasteiger partial charge is 0.396 e. The fourth-order valence-electron chi connectivity index (χ4n) is 2.14. The zero-order chi connectivity index (χ0) is 15.3. The van der Waals surface area contributed by atoms with E-state index < -0.39 is 16.1 Å². The molecular weight excluding hydrogens is 292 g/mol. The summed E-state index contributed by atoms with van der Waals surface area (Å²) in [5.74, 6) is 0. The standard InChI is InChI=1S/C14H18N2O4S/c1-20-10-12(6-8-17)16-21(18,19)14-4-2-3-11-9-15-7-5-13(11)14/h2-5,7,9,12,16-17H,6,8,10H2,1H3. The molecule has 2 aromatic rings. The molecule has 0 saturated carbocycles. The first-order valence-electron chi connectivity index (χ1n) is 6.53. The van der Waals surface area contributed by atoms with Gasteiger partial charge in [0.2, 0.25) is 10.0 Å². The van der Waals surface area contributed by atoms with Gasteiger partial charge in [-0.3, -0.25) is 4.98 Å². The number of benzene rings is 1. The highest BCUT2D eigenvalue weighted by Crippen LogP contribution is 2.22. The minimum absolute atomic E-state index is 0.115. The lowest BCUT2D eigenvalue weighted by Gasteiger charge is -2.17. The molecule has 6 nitrogen and oxygen atoms in total. The van der Waals surface area contributed by atoms with E-state index in [2.05, 4.69) is 9.71 Å². The number of nitrogens with zero attached hydrogens (tertiary/aromatic N) is 1. The summed E-state index contributed by atoms with van der Waals surface area (Å²) in [5.41, 5.74) is 0. The van der Waals surface area contributed by atoms with Gasteiger partial charge in [0.05, 0.1) is 11.5 Å². The molecule has 1 aromatic heterocycles. The number of nitrogens with one attached hydrogen (secondary N) is 1. The number of fused-ring (bicyclic) bond motifs is 1. The minimum atomic E-state index is -3.70. The van der Waals surface area contributed by atoms with Gasteiger partial charge in [0.25, 0.3) is 0 Å². The van der Waals surface area contributed by atoms with E-state index in [1.54, 1.807) is 30.6 Å². The topological polar surface area (TPSA) is 88.5 Å². The second-order valence-electron chi connectivity index (χ2n) is 4.64. The fraction of sp³-hybridized carbons (Fsp3) is 0.357. The van der Waals surface area contributed by atoms with Crippen LogP contribution in [0.4, 0.5) is 0 Å². The van der Waals surface area contributed by atoms with E-state index in [0.29, 0.717) is 11.8 Å². The van der Waals surface area contributed by atoms with Gasteiger partial charge in [-0.05, 0) is 18.6 Å². The van der Waals surface area contributed by atoms with Crippen LogP contribution in [0.2, 0.25) is 0 Å². The molecule has 2 N–H and O–H groups in total. The molecular formula is C14H18N2O4S. The van der Waals surface area contributed by atoms with Gasteiger partial charge in [0.1, 0.15) is 0 Å². The van der Waals surface area contributed by atoms with Crippen LogP contribution in [0.1, 0.15) is 6.42 Å². The molecule has 1 heterocycles. The highest BCUT2D eigenvalue weighted by molar-refractivity contribution is 7.89. The van der Waals surface area contributed by atoms with Gasteiger partial charge in [0.15, 0.2) is 0 Å². The quantitative estimate of drug-likeness (QED) is 0.793. The smallest absolute Gasteiger partial charge is 0.241 e. The van der Waals surface area contributed by atoms with Crippen molar-refractivity contribution in [1.82, 2.24) is 9.71 Å². The van der Waals surface area contributed by atoms with Crippen molar-refractivity contribution in [1.29, 1.82) is 0 Å². The molecule has 0 spiro atoms. The van der Waals surface area contributed by atoms with Crippen LogP contribution >= 0.6 is 0 Å². The van der Waals surface area contributed by atoms with Crippen LogP contribution in [0.5, 0.6) is 0 Å². The number of hydrogen-bond acceptors (Lipinski definition) is 5. The summed E-state index contributed by atoms with van der Waals surface area (Å²) in [6, 6.07) is 6.23. The van der Waals surface area contributed by atoms with E-state index in [9.17, 15) is 8.42 Å². The van der Waals surface area contributed by atoms with Gasteiger partial charge in [-0.1, -0.05) is 12.1 Å². The van der Waals surface area contributed by atoms with E-state index in [1.807, 2.05) is 6.07 Å². The predicted molar refractivity (Wildman–Crippen MR) is 79.4 cm³/mol. The monoisotopic (exact) mass is 310 g/mol. The molecule has 0 aliphatic heterocycles. The highest BCUT2D eigenvalue weighted by atomic mass is 32.2. The van der Waals surface area contributed by atoms with Crippen LogP contribution < -0.4 is 4.72 Å². The highest BCUT2D eigenvalue weighted by Gasteiger charge is 2.21. The number of sulfonamides is 1. The maximum absolute atomic E-state index is 12.5. The third-order valence-electron chi connectivity index (χ3n) is 3.10. The summed E-state index contributed by atoms with van der Waals surface area (Å²) in [6.45, 7) is 0.0854. The van der Waals surface area contributed by atoms with Gasteiger partial charge in [-0.15, -0.1) is 0 Å². The number of ether oxygens (including phenoxy) is 1. The summed E-state index contributed by atoms with van der Waals surface area (Å²) >= 11 is 0. The molecule has 0 fully saturated rings. The predicted octanol–water partition coefficient (Wildman–Crippen LogP) is 0.910. The van der Waals surface area contributed by atoms with Crippen LogP contribution in [-0.2, 0) is 14.8 Å². The Labute approximate surface area is 123 Å². The van der Waals surface area contributed by atoms with Crippen molar-refractivity contribution >= 4 is 20.8 Å². The van der Waals surface area contributed by atoms with Crippen molar-refractivity contribution in [2.45, 2.75) is 17.4 Å². The van der Waals surface area contributed by atoms with E-state index in [-0.39, 0.29) is 18.1 Å². The first-order valence-corrected chi connectivity index (χ1v) is 8.01. The summed E-state index contributed by atoms with van der Waals surface area (Å²) in [5, 5.41) is 10.4. The first kappa shape index (κ1) is 15.8. The first-order chi connectivity index (χ1) is 10.1. The second kappa shape index (κ2) is 6.95. The van der Waals surface area contributed by atoms with E-state index >= 15 is 0 Å². The van der Waals surface area contributed by atoms with Crippen LogP contribution in [-0.4, -0.2) is 44.9 Å². The Morgan fingerprint density at radius 3 is 2.90 bits per heavy atom. The summed E-state index contributed by atoms with van der Waals surface area (Å²) in [4.78, 5) is 4.18. The van der Waals surface area contributed by atoms with E-state index in [0.717, 1.165) is 5.39 Å². The second-order valence-corrected chi connectivity index (χ2v) is 6.32.